The number of benzene rings is 1. The van der Waals surface area contributed by atoms with Gasteiger partial charge in [0.2, 0.25) is 5.78 Å². The van der Waals surface area contributed by atoms with E-state index < -0.39 is 17.4 Å². The Balaban J connectivity index is 2.56. The summed E-state index contributed by atoms with van der Waals surface area (Å²) in [5.74, 6) is -2.01. The second kappa shape index (κ2) is 5.21. The number of hydrogen-bond donors (Lipinski definition) is 0. The summed E-state index contributed by atoms with van der Waals surface area (Å²) >= 11 is 3.21. The van der Waals surface area contributed by atoms with Gasteiger partial charge in [-0.15, -0.1) is 0 Å². The standard InChI is InChI=1S/C13H11BrF2N2O/c1-7(2)18-12(10(14)6-17-18)13(19)9-5-8(15)3-4-11(9)16/h3-7H,1-2H3. The highest BCUT2D eigenvalue weighted by Gasteiger charge is 2.23. The average Bonchev–Trinajstić information content (AvgIpc) is 2.73. The van der Waals surface area contributed by atoms with Crippen LogP contribution in [0.1, 0.15) is 35.9 Å². The molecule has 100 valence electrons. The van der Waals surface area contributed by atoms with Crippen LogP contribution in [0.5, 0.6) is 0 Å². The minimum Gasteiger partial charge on any atom is -0.287 e. The molecular weight excluding hydrogens is 318 g/mol. The number of rotatable bonds is 3. The maximum absolute atomic E-state index is 13.6. The molecule has 0 saturated carbocycles. The fraction of sp³-hybridized carbons (Fsp3) is 0.231. The van der Waals surface area contributed by atoms with Crippen LogP contribution in [0.3, 0.4) is 0 Å². The molecule has 0 aliphatic heterocycles. The molecule has 0 unspecified atom stereocenters. The predicted molar refractivity (Wildman–Crippen MR) is 70.1 cm³/mol. The number of hydrogen-bond acceptors (Lipinski definition) is 2. The van der Waals surface area contributed by atoms with Gasteiger partial charge < -0.3 is 0 Å². The Kier molecular flexibility index (Phi) is 3.80. The summed E-state index contributed by atoms with van der Waals surface area (Å²) in [4.78, 5) is 12.3. The van der Waals surface area contributed by atoms with Crippen molar-refractivity contribution in [2.24, 2.45) is 0 Å². The third-order valence-corrected chi connectivity index (χ3v) is 3.21. The second-order valence-corrected chi connectivity index (χ2v) is 5.19. The Bertz CT molecular complexity index is 638. The van der Waals surface area contributed by atoms with E-state index in [2.05, 4.69) is 21.0 Å². The molecule has 0 saturated heterocycles. The van der Waals surface area contributed by atoms with Crippen LogP contribution in [-0.4, -0.2) is 15.6 Å². The molecule has 2 rings (SSSR count). The summed E-state index contributed by atoms with van der Waals surface area (Å²) in [7, 11) is 0. The van der Waals surface area contributed by atoms with E-state index in [-0.39, 0.29) is 17.3 Å². The van der Waals surface area contributed by atoms with Gasteiger partial charge in [-0.25, -0.2) is 8.78 Å². The molecule has 0 atom stereocenters. The molecule has 0 aliphatic rings. The second-order valence-electron chi connectivity index (χ2n) is 4.33. The Morgan fingerprint density at radius 2 is 2.05 bits per heavy atom. The first-order valence-electron chi connectivity index (χ1n) is 5.64. The summed E-state index contributed by atoms with van der Waals surface area (Å²) in [6.45, 7) is 3.69. The van der Waals surface area contributed by atoms with Gasteiger partial charge in [0, 0.05) is 6.04 Å². The Morgan fingerprint density at radius 1 is 1.37 bits per heavy atom. The summed E-state index contributed by atoms with van der Waals surface area (Å²) < 4.78 is 28.7. The summed E-state index contributed by atoms with van der Waals surface area (Å²) in [6.07, 6.45) is 1.46. The molecule has 0 amide bonds. The van der Waals surface area contributed by atoms with Gasteiger partial charge in [0.05, 0.1) is 16.2 Å². The fourth-order valence-corrected chi connectivity index (χ4v) is 2.20. The lowest BCUT2D eigenvalue weighted by Crippen LogP contribution is -2.15. The van der Waals surface area contributed by atoms with Gasteiger partial charge in [-0.3, -0.25) is 9.48 Å². The van der Waals surface area contributed by atoms with Crippen molar-refractivity contribution in [2.45, 2.75) is 19.9 Å². The van der Waals surface area contributed by atoms with Gasteiger partial charge >= 0.3 is 0 Å². The molecule has 0 fully saturated rings. The van der Waals surface area contributed by atoms with Crippen molar-refractivity contribution in [1.29, 1.82) is 0 Å². The fourth-order valence-electron chi connectivity index (χ4n) is 1.74. The quantitative estimate of drug-likeness (QED) is 0.804. The number of halogens is 3. The lowest BCUT2D eigenvalue weighted by molar-refractivity contribution is 0.102. The highest BCUT2D eigenvalue weighted by atomic mass is 79.9. The molecule has 3 nitrogen and oxygen atoms in total. The molecule has 0 bridgehead atoms. The molecule has 0 radical (unpaired) electrons. The Morgan fingerprint density at radius 3 is 2.68 bits per heavy atom. The Hall–Kier alpha value is -1.56. The summed E-state index contributed by atoms with van der Waals surface area (Å²) in [5, 5.41) is 4.05. The first-order chi connectivity index (χ1) is 8.91. The first-order valence-corrected chi connectivity index (χ1v) is 6.44. The van der Waals surface area contributed by atoms with Crippen LogP contribution in [-0.2, 0) is 0 Å². The highest BCUT2D eigenvalue weighted by Crippen LogP contribution is 2.24. The van der Waals surface area contributed by atoms with Crippen LogP contribution < -0.4 is 0 Å². The average molecular weight is 329 g/mol. The molecule has 1 aromatic heterocycles. The molecule has 6 heteroatoms. The van der Waals surface area contributed by atoms with Crippen molar-refractivity contribution in [1.82, 2.24) is 9.78 Å². The van der Waals surface area contributed by atoms with Crippen LogP contribution in [0.15, 0.2) is 28.9 Å². The van der Waals surface area contributed by atoms with Crippen LogP contribution in [0.25, 0.3) is 0 Å². The minimum absolute atomic E-state index is 0.0677. The van der Waals surface area contributed by atoms with Crippen LogP contribution in [0.4, 0.5) is 8.78 Å². The van der Waals surface area contributed by atoms with E-state index in [0.29, 0.717) is 4.47 Å². The van der Waals surface area contributed by atoms with Crippen LogP contribution in [0.2, 0.25) is 0 Å². The largest absolute Gasteiger partial charge is 0.287 e. The number of ketones is 1. The van der Waals surface area contributed by atoms with E-state index >= 15 is 0 Å². The smallest absolute Gasteiger partial charge is 0.215 e. The monoisotopic (exact) mass is 328 g/mol. The van der Waals surface area contributed by atoms with E-state index in [0.717, 1.165) is 18.2 Å². The molecule has 0 spiro atoms. The van der Waals surface area contributed by atoms with E-state index in [1.165, 1.54) is 10.9 Å². The lowest BCUT2D eigenvalue weighted by atomic mass is 10.1. The predicted octanol–water partition coefficient (Wildman–Crippen LogP) is 3.74. The van der Waals surface area contributed by atoms with Crippen LogP contribution in [0, 0.1) is 11.6 Å². The van der Waals surface area contributed by atoms with Crippen LogP contribution >= 0.6 is 15.9 Å². The zero-order chi connectivity index (χ0) is 14.2. The first kappa shape index (κ1) is 13.9. The Labute approximate surface area is 117 Å². The molecule has 1 heterocycles. The molecule has 2 aromatic rings. The normalized spacial score (nSPS) is 11.1. The number of aromatic nitrogens is 2. The summed E-state index contributed by atoms with van der Waals surface area (Å²) in [6, 6.07) is 2.73. The van der Waals surface area contributed by atoms with Gasteiger partial charge in [-0.05, 0) is 48.0 Å². The van der Waals surface area contributed by atoms with Gasteiger partial charge in [0.25, 0.3) is 0 Å². The molecule has 0 aliphatic carbocycles. The topological polar surface area (TPSA) is 34.9 Å². The molecule has 19 heavy (non-hydrogen) atoms. The molecule has 0 N–H and O–H groups in total. The van der Waals surface area contributed by atoms with E-state index in [1.807, 2.05) is 13.8 Å². The van der Waals surface area contributed by atoms with E-state index in [4.69, 9.17) is 0 Å². The number of nitrogens with zero attached hydrogens (tertiary/aromatic N) is 2. The van der Waals surface area contributed by atoms with Crippen molar-refractivity contribution in [2.75, 3.05) is 0 Å². The van der Waals surface area contributed by atoms with Crippen molar-refractivity contribution in [3.05, 3.63) is 51.8 Å². The maximum atomic E-state index is 13.6. The van der Waals surface area contributed by atoms with Crippen molar-refractivity contribution in [3.8, 4) is 0 Å². The third-order valence-electron chi connectivity index (χ3n) is 2.63. The SMILES string of the molecule is CC(C)n1ncc(Br)c1C(=O)c1cc(F)ccc1F. The van der Waals surface area contributed by atoms with Gasteiger partial charge in [0.1, 0.15) is 17.3 Å². The van der Waals surface area contributed by atoms with E-state index in [1.54, 1.807) is 0 Å². The van der Waals surface area contributed by atoms with Crippen molar-refractivity contribution >= 4 is 21.7 Å². The zero-order valence-corrected chi connectivity index (χ0v) is 11.9. The number of carbonyl (C=O) groups excluding carboxylic acids is 1. The zero-order valence-electron chi connectivity index (χ0n) is 10.3. The van der Waals surface area contributed by atoms with Gasteiger partial charge in [-0.2, -0.15) is 5.10 Å². The maximum Gasteiger partial charge on any atom is 0.215 e. The molecular formula is C13H11BrF2N2O. The van der Waals surface area contributed by atoms with Gasteiger partial charge in [-0.1, -0.05) is 0 Å². The third kappa shape index (κ3) is 2.58. The lowest BCUT2D eigenvalue weighted by Gasteiger charge is -2.11. The van der Waals surface area contributed by atoms with E-state index in [9.17, 15) is 13.6 Å². The van der Waals surface area contributed by atoms with Crippen molar-refractivity contribution in [3.63, 3.8) is 0 Å². The summed E-state index contributed by atoms with van der Waals surface area (Å²) in [5.41, 5.74) is -0.0948. The van der Waals surface area contributed by atoms with Crippen molar-refractivity contribution < 1.29 is 13.6 Å². The number of carbonyl (C=O) groups is 1. The minimum atomic E-state index is -0.755. The molecule has 1 aromatic carbocycles. The highest BCUT2D eigenvalue weighted by molar-refractivity contribution is 9.10. The van der Waals surface area contributed by atoms with Gasteiger partial charge in [0.15, 0.2) is 0 Å².